The second-order valence-electron chi connectivity index (χ2n) is 7.00. The number of carbonyl (C=O) groups excluding carboxylic acids is 3. The Labute approximate surface area is 188 Å². The molecule has 9 heteroatoms. The molecule has 2 aromatic carbocycles. The highest BCUT2D eigenvalue weighted by Gasteiger charge is 2.45. The van der Waals surface area contributed by atoms with Crippen LogP contribution in [0.15, 0.2) is 59.1 Å². The Hall–Kier alpha value is -3.64. The lowest BCUT2D eigenvalue weighted by Gasteiger charge is -2.31. The van der Waals surface area contributed by atoms with E-state index in [0.29, 0.717) is 5.69 Å². The highest BCUT2D eigenvalue weighted by Crippen LogP contribution is 2.41. The van der Waals surface area contributed by atoms with Crippen LogP contribution in [0, 0.1) is 30.0 Å². The van der Waals surface area contributed by atoms with Gasteiger partial charge in [0.15, 0.2) is 0 Å². The summed E-state index contributed by atoms with van der Waals surface area (Å²) in [6, 6.07) is 14.9. The van der Waals surface area contributed by atoms with Gasteiger partial charge in [-0.05, 0) is 30.2 Å². The fourth-order valence-corrected chi connectivity index (χ4v) is 4.27. The second-order valence-corrected chi connectivity index (χ2v) is 7.98. The topological polar surface area (TPSA) is 108 Å². The van der Waals surface area contributed by atoms with Crippen molar-refractivity contribution in [2.24, 2.45) is 5.92 Å². The van der Waals surface area contributed by atoms with Crippen LogP contribution in [0.5, 0.6) is 0 Å². The lowest BCUT2D eigenvalue weighted by molar-refractivity contribution is -0.150. The quantitative estimate of drug-likeness (QED) is 0.514. The van der Waals surface area contributed by atoms with Crippen molar-refractivity contribution < 1.29 is 23.5 Å². The average molecular weight is 453 g/mol. The molecule has 0 spiro atoms. The summed E-state index contributed by atoms with van der Waals surface area (Å²) in [5.41, 5.74) is 1.54. The van der Waals surface area contributed by atoms with Crippen LogP contribution in [-0.2, 0) is 19.1 Å². The van der Waals surface area contributed by atoms with Crippen LogP contribution in [0.25, 0.3) is 0 Å². The summed E-state index contributed by atoms with van der Waals surface area (Å²) in [5.74, 6) is -5.34. The molecule has 3 rings (SSSR count). The number of thioether (sulfide) groups is 1. The molecule has 0 radical (unpaired) electrons. The molecule has 2 N–H and O–H groups in total. The van der Waals surface area contributed by atoms with E-state index in [-0.39, 0.29) is 27.8 Å². The molecule has 0 aliphatic carbocycles. The smallest absolute Gasteiger partial charge is 0.319 e. The van der Waals surface area contributed by atoms with E-state index in [1.54, 1.807) is 18.2 Å². The van der Waals surface area contributed by atoms with Crippen LogP contribution in [0.3, 0.4) is 0 Å². The molecule has 2 atom stereocenters. The zero-order valence-corrected chi connectivity index (χ0v) is 18.2. The monoisotopic (exact) mass is 453 g/mol. The van der Waals surface area contributed by atoms with Gasteiger partial charge in [0, 0.05) is 11.6 Å². The molecule has 1 aliphatic rings. The summed E-state index contributed by atoms with van der Waals surface area (Å²) in [6.07, 6.45) is 0. The summed E-state index contributed by atoms with van der Waals surface area (Å²) in [5, 5.41) is 15.2. The van der Waals surface area contributed by atoms with Crippen molar-refractivity contribution in [3.8, 4) is 6.07 Å². The minimum Gasteiger partial charge on any atom is -0.468 e. The molecule has 2 amide bonds. The molecule has 7 nitrogen and oxygen atoms in total. The molecular weight excluding hydrogens is 433 g/mol. The van der Waals surface area contributed by atoms with Crippen LogP contribution >= 0.6 is 11.8 Å². The maximum atomic E-state index is 14.6. The van der Waals surface area contributed by atoms with E-state index in [4.69, 9.17) is 4.74 Å². The van der Waals surface area contributed by atoms with Gasteiger partial charge in [-0.3, -0.25) is 14.4 Å². The summed E-state index contributed by atoms with van der Waals surface area (Å²) in [6.45, 7) is 1.85. The van der Waals surface area contributed by atoms with Crippen LogP contribution in [0.1, 0.15) is 17.0 Å². The highest BCUT2D eigenvalue weighted by molar-refractivity contribution is 8.03. The van der Waals surface area contributed by atoms with Gasteiger partial charge < -0.3 is 15.4 Å². The number of hydrogen-bond donors (Lipinski definition) is 2. The maximum Gasteiger partial charge on any atom is 0.319 e. The first-order valence-corrected chi connectivity index (χ1v) is 10.6. The lowest BCUT2D eigenvalue weighted by atomic mass is 9.78. The number of nitrogens with one attached hydrogen (secondary N) is 2. The third-order valence-corrected chi connectivity index (χ3v) is 6.01. The lowest BCUT2D eigenvalue weighted by Crippen LogP contribution is -2.44. The number of methoxy groups -OCH3 is 1. The third-order valence-electron chi connectivity index (χ3n) is 4.99. The van der Waals surface area contributed by atoms with Gasteiger partial charge in [-0.25, -0.2) is 4.39 Å². The number of halogens is 1. The van der Waals surface area contributed by atoms with Gasteiger partial charge in [0.2, 0.25) is 11.8 Å². The van der Waals surface area contributed by atoms with E-state index in [1.807, 2.05) is 25.1 Å². The molecule has 0 saturated heterocycles. The third kappa shape index (κ3) is 4.81. The number of nitriles is 1. The molecule has 1 aliphatic heterocycles. The number of ether oxygens (including phenoxy) is 1. The van der Waals surface area contributed by atoms with E-state index in [2.05, 4.69) is 10.6 Å². The molecule has 2 unspecified atom stereocenters. The van der Waals surface area contributed by atoms with Gasteiger partial charge >= 0.3 is 5.97 Å². The number of carbonyl (C=O) groups is 3. The Morgan fingerprint density at radius 1 is 1.22 bits per heavy atom. The van der Waals surface area contributed by atoms with Crippen molar-refractivity contribution in [3.63, 3.8) is 0 Å². The maximum absolute atomic E-state index is 14.6. The minimum atomic E-state index is -1.43. The zero-order valence-electron chi connectivity index (χ0n) is 17.3. The van der Waals surface area contributed by atoms with E-state index in [1.165, 1.54) is 18.2 Å². The Balaban J connectivity index is 1.92. The second kappa shape index (κ2) is 10.1. The Morgan fingerprint density at radius 3 is 2.56 bits per heavy atom. The molecule has 0 bridgehead atoms. The summed E-state index contributed by atoms with van der Waals surface area (Å²) in [4.78, 5) is 37.5. The Kier molecular flexibility index (Phi) is 7.28. The van der Waals surface area contributed by atoms with Crippen molar-refractivity contribution in [3.05, 3.63) is 76.1 Å². The molecule has 2 aromatic rings. The highest BCUT2D eigenvalue weighted by atomic mass is 32.2. The van der Waals surface area contributed by atoms with Gasteiger partial charge in [-0.2, -0.15) is 5.26 Å². The summed E-state index contributed by atoms with van der Waals surface area (Å²) >= 11 is 0.931. The largest absolute Gasteiger partial charge is 0.468 e. The molecule has 164 valence electrons. The Bertz CT molecular complexity index is 1140. The van der Waals surface area contributed by atoms with E-state index in [0.717, 1.165) is 24.4 Å². The number of para-hydroxylation sites is 1. The number of rotatable bonds is 6. The van der Waals surface area contributed by atoms with Crippen LogP contribution < -0.4 is 10.6 Å². The summed E-state index contributed by atoms with van der Waals surface area (Å²) < 4.78 is 19.3. The van der Waals surface area contributed by atoms with Crippen molar-refractivity contribution in [2.75, 3.05) is 18.2 Å². The van der Waals surface area contributed by atoms with Crippen LogP contribution in [0.4, 0.5) is 10.1 Å². The number of benzene rings is 2. The summed E-state index contributed by atoms with van der Waals surface area (Å²) in [7, 11) is 1.12. The van der Waals surface area contributed by atoms with Crippen LogP contribution in [-0.4, -0.2) is 30.6 Å². The van der Waals surface area contributed by atoms with Gasteiger partial charge in [0.1, 0.15) is 11.7 Å². The number of amides is 2. The van der Waals surface area contributed by atoms with Crippen LogP contribution in [0.2, 0.25) is 0 Å². The number of hydrogen-bond acceptors (Lipinski definition) is 6. The molecule has 0 fully saturated rings. The van der Waals surface area contributed by atoms with Crippen molar-refractivity contribution in [1.82, 2.24) is 5.32 Å². The SMILES string of the molecule is COC(=O)C1C(=O)NC(SCC(=O)Nc2ccccc2C)=C(C#N)C1c1ccccc1F. The first kappa shape index (κ1) is 23.0. The van der Waals surface area contributed by atoms with Crippen molar-refractivity contribution in [2.45, 2.75) is 12.8 Å². The molecular formula is C23H20FN3O4S. The number of esters is 1. The molecule has 0 saturated carbocycles. The predicted octanol–water partition coefficient (Wildman–Crippen LogP) is 3.24. The predicted molar refractivity (Wildman–Crippen MR) is 118 cm³/mol. The standard InChI is InChI=1S/C23H20FN3O4S/c1-13-7-3-6-10-17(13)26-18(28)12-32-22-15(11-25)19(14-8-4-5-9-16(14)24)20(21(29)27-22)23(30)31-2/h3-10,19-20H,12H2,1-2H3,(H,26,28)(H,27,29). The fourth-order valence-electron chi connectivity index (χ4n) is 3.42. The van der Waals surface area contributed by atoms with Gasteiger partial charge in [-0.1, -0.05) is 48.2 Å². The van der Waals surface area contributed by atoms with Crippen molar-refractivity contribution in [1.29, 1.82) is 5.26 Å². The van der Waals surface area contributed by atoms with Crippen molar-refractivity contribution >= 4 is 35.2 Å². The average Bonchev–Trinajstić information content (AvgIpc) is 2.78. The Morgan fingerprint density at radius 2 is 1.91 bits per heavy atom. The normalized spacial score (nSPS) is 17.9. The zero-order chi connectivity index (χ0) is 23.3. The van der Waals surface area contributed by atoms with Gasteiger partial charge in [0.25, 0.3) is 0 Å². The first-order chi connectivity index (χ1) is 15.4. The molecule has 32 heavy (non-hydrogen) atoms. The molecule has 0 aromatic heterocycles. The first-order valence-electron chi connectivity index (χ1n) is 9.63. The van der Waals surface area contributed by atoms with E-state index in [9.17, 15) is 24.0 Å². The minimum absolute atomic E-state index is 0.0150. The van der Waals surface area contributed by atoms with Gasteiger partial charge in [-0.15, -0.1) is 0 Å². The van der Waals surface area contributed by atoms with Gasteiger partial charge in [0.05, 0.1) is 29.5 Å². The van der Waals surface area contributed by atoms with E-state index >= 15 is 0 Å². The number of aryl methyl sites for hydroxylation is 1. The number of allylic oxidation sites excluding steroid dienone is 1. The number of anilines is 1. The molecule has 1 heterocycles. The fraction of sp³-hybridized carbons (Fsp3) is 0.217. The number of nitrogens with zero attached hydrogens (tertiary/aromatic N) is 1. The van der Waals surface area contributed by atoms with E-state index < -0.39 is 29.5 Å².